The van der Waals surface area contributed by atoms with E-state index in [4.69, 9.17) is 5.26 Å². The lowest BCUT2D eigenvalue weighted by Crippen LogP contribution is -2.51. The van der Waals surface area contributed by atoms with Crippen molar-refractivity contribution in [3.8, 4) is 6.07 Å². The van der Waals surface area contributed by atoms with Crippen molar-refractivity contribution in [2.45, 2.75) is 13.0 Å². The Balaban J connectivity index is 2.05. The highest BCUT2D eigenvalue weighted by Crippen LogP contribution is 2.18. The minimum absolute atomic E-state index is 0.0844. The molecule has 4 nitrogen and oxygen atoms in total. The van der Waals surface area contributed by atoms with Crippen LogP contribution in [0.25, 0.3) is 0 Å². The fraction of sp³-hybridized carbons (Fsp3) is 0.429. The highest BCUT2D eigenvalue weighted by molar-refractivity contribution is 9.10. The van der Waals surface area contributed by atoms with E-state index in [1.165, 1.54) is 12.1 Å². The Kier molecular flexibility index (Phi) is 4.73. The highest BCUT2D eigenvalue weighted by atomic mass is 79.9. The first-order valence-electron chi connectivity index (χ1n) is 6.41. The van der Waals surface area contributed by atoms with Crippen LogP contribution in [0, 0.1) is 17.1 Å². The van der Waals surface area contributed by atoms with Crippen molar-refractivity contribution in [1.82, 2.24) is 9.80 Å². The maximum Gasteiger partial charge on any atom is 0.256 e. The molecule has 0 N–H and O–H groups in total. The Hall–Kier alpha value is -1.45. The van der Waals surface area contributed by atoms with E-state index in [1.54, 1.807) is 11.0 Å². The average molecular weight is 340 g/mol. The topological polar surface area (TPSA) is 47.3 Å². The van der Waals surface area contributed by atoms with Crippen molar-refractivity contribution >= 4 is 21.8 Å². The first-order valence-corrected chi connectivity index (χ1v) is 7.20. The summed E-state index contributed by atoms with van der Waals surface area (Å²) in [7, 11) is 0. The zero-order valence-corrected chi connectivity index (χ0v) is 12.7. The molecule has 0 radical (unpaired) electrons. The van der Waals surface area contributed by atoms with Gasteiger partial charge in [-0.25, -0.2) is 4.39 Å². The second-order valence-corrected chi connectivity index (χ2v) is 5.67. The molecule has 1 aliphatic rings. The van der Waals surface area contributed by atoms with Crippen molar-refractivity contribution < 1.29 is 9.18 Å². The Morgan fingerprint density at radius 1 is 1.40 bits per heavy atom. The van der Waals surface area contributed by atoms with Crippen molar-refractivity contribution in [2.75, 3.05) is 26.2 Å². The van der Waals surface area contributed by atoms with E-state index in [2.05, 4.69) is 22.0 Å². The molecule has 1 fully saturated rings. The van der Waals surface area contributed by atoms with E-state index in [0.29, 0.717) is 30.7 Å². The number of nitrogens with zero attached hydrogens (tertiary/aromatic N) is 3. The monoisotopic (exact) mass is 339 g/mol. The maximum atomic E-state index is 13.7. The molecule has 0 aliphatic carbocycles. The quantitative estimate of drug-likeness (QED) is 0.830. The number of rotatable bonds is 2. The van der Waals surface area contributed by atoms with E-state index in [0.717, 1.165) is 0 Å². The molecule has 0 bridgehead atoms. The Morgan fingerprint density at radius 2 is 2.05 bits per heavy atom. The summed E-state index contributed by atoms with van der Waals surface area (Å²) in [4.78, 5) is 15.9. The number of carbonyl (C=O) groups excluding carboxylic acids is 1. The van der Waals surface area contributed by atoms with Gasteiger partial charge in [0.25, 0.3) is 5.91 Å². The van der Waals surface area contributed by atoms with Crippen LogP contribution in [0.15, 0.2) is 22.7 Å². The van der Waals surface area contributed by atoms with Crippen LogP contribution in [0.5, 0.6) is 0 Å². The molecule has 1 aromatic carbocycles. The maximum absolute atomic E-state index is 13.7. The summed E-state index contributed by atoms with van der Waals surface area (Å²) in [6, 6.07) is 6.38. The fourth-order valence-electron chi connectivity index (χ4n) is 2.23. The first-order chi connectivity index (χ1) is 9.52. The van der Waals surface area contributed by atoms with Gasteiger partial charge in [-0.2, -0.15) is 5.26 Å². The molecule has 1 atom stereocenters. The molecule has 6 heteroatoms. The lowest BCUT2D eigenvalue weighted by atomic mass is 10.1. The van der Waals surface area contributed by atoms with Gasteiger partial charge < -0.3 is 4.90 Å². The molecule has 1 amide bonds. The van der Waals surface area contributed by atoms with Gasteiger partial charge in [-0.05, 0) is 25.1 Å². The minimum atomic E-state index is -0.508. The molecule has 0 saturated carbocycles. The molecule has 2 rings (SSSR count). The van der Waals surface area contributed by atoms with Crippen LogP contribution in [0.3, 0.4) is 0 Å². The molecular weight excluding hydrogens is 325 g/mol. The van der Waals surface area contributed by atoms with E-state index < -0.39 is 5.82 Å². The number of benzene rings is 1. The smallest absolute Gasteiger partial charge is 0.256 e. The molecule has 0 spiro atoms. The third-order valence-corrected chi connectivity index (χ3v) is 3.99. The lowest BCUT2D eigenvalue weighted by Gasteiger charge is -2.35. The van der Waals surface area contributed by atoms with Crippen molar-refractivity contribution in [3.63, 3.8) is 0 Å². The SMILES string of the molecule is CC(C#N)N1CCN(C(=O)c2cc(Br)ccc2F)CC1. The van der Waals surface area contributed by atoms with Gasteiger partial charge in [-0.15, -0.1) is 0 Å². The van der Waals surface area contributed by atoms with Crippen LogP contribution in [0.1, 0.15) is 17.3 Å². The van der Waals surface area contributed by atoms with E-state index >= 15 is 0 Å². The summed E-state index contributed by atoms with van der Waals surface area (Å²) >= 11 is 3.24. The fourth-order valence-corrected chi connectivity index (χ4v) is 2.59. The van der Waals surface area contributed by atoms with E-state index in [-0.39, 0.29) is 17.5 Å². The summed E-state index contributed by atoms with van der Waals surface area (Å²) < 4.78 is 14.4. The van der Waals surface area contributed by atoms with Crippen LogP contribution in [-0.4, -0.2) is 47.9 Å². The predicted molar refractivity (Wildman–Crippen MR) is 76.7 cm³/mol. The Bertz CT molecular complexity index is 550. The third kappa shape index (κ3) is 3.17. The van der Waals surface area contributed by atoms with Gasteiger partial charge in [0.1, 0.15) is 5.82 Å². The van der Waals surface area contributed by atoms with Crippen LogP contribution in [0.4, 0.5) is 4.39 Å². The molecule has 1 aromatic rings. The second-order valence-electron chi connectivity index (χ2n) is 4.76. The van der Waals surface area contributed by atoms with Crippen LogP contribution >= 0.6 is 15.9 Å². The van der Waals surface area contributed by atoms with Crippen molar-refractivity contribution in [3.05, 3.63) is 34.1 Å². The molecule has 1 aliphatic heterocycles. The van der Waals surface area contributed by atoms with E-state index in [1.807, 2.05) is 11.8 Å². The number of halogens is 2. The summed E-state index contributed by atoms with van der Waals surface area (Å²) in [5.41, 5.74) is 0.0844. The third-order valence-electron chi connectivity index (χ3n) is 3.49. The molecule has 20 heavy (non-hydrogen) atoms. The first kappa shape index (κ1) is 14.9. The number of hydrogen-bond donors (Lipinski definition) is 0. The number of amides is 1. The zero-order chi connectivity index (χ0) is 14.7. The summed E-state index contributed by atoms with van der Waals surface area (Å²) in [5, 5.41) is 8.88. The number of hydrogen-bond acceptors (Lipinski definition) is 3. The van der Waals surface area contributed by atoms with Gasteiger partial charge in [0, 0.05) is 30.7 Å². The predicted octanol–water partition coefficient (Wildman–Crippen LogP) is 2.26. The van der Waals surface area contributed by atoms with Crippen molar-refractivity contribution in [1.29, 1.82) is 5.26 Å². The minimum Gasteiger partial charge on any atom is -0.336 e. The summed E-state index contributed by atoms with van der Waals surface area (Å²) in [5.74, 6) is -0.806. The molecule has 0 aromatic heterocycles. The van der Waals surface area contributed by atoms with E-state index in [9.17, 15) is 9.18 Å². The van der Waals surface area contributed by atoms with Gasteiger partial charge >= 0.3 is 0 Å². The summed E-state index contributed by atoms with van der Waals surface area (Å²) in [6.45, 7) is 4.13. The molecule has 1 unspecified atom stereocenters. The lowest BCUT2D eigenvalue weighted by molar-refractivity contribution is 0.0611. The zero-order valence-electron chi connectivity index (χ0n) is 11.1. The van der Waals surface area contributed by atoms with Crippen molar-refractivity contribution in [2.24, 2.45) is 0 Å². The van der Waals surface area contributed by atoms with Gasteiger partial charge in [0.05, 0.1) is 17.7 Å². The highest BCUT2D eigenvalue weighted by Gasteiger charge is 2.26. The number of nitriles is 1. The second kappa shape index (κ2) is 6.33. The van der Waals surface area contributed by atoms with Crippen LogP contribution in [0.2, 0.25) is 0 Å². The van der Waals surface area contributed by atoms with Gasteiger partial charge in [-0.3, -0.25) is 9.69 Å². The largest absolute Gasteiger partial charge is 0.336 e. The Labute approximate surface area is 125 Å². The van der Waals surface area contributed by atoms with Gasteiger partial charge in [0.15, 0.2) is 0 Å². The van der Waals surface area contributed by atoms with Gasteiger partial charge in [0.2, 0.25) is 0 Å². The molecule has 106 valence electrons. The molecule has 1 heterocycles. The van der Waals surface area contributed by atoms with Crippen LogP contribution < -0.4 is 0 Å². The molecule has 1 saturated heterocycles. The number of carbonyl (C=O) groups is 1. The standard InChI is InChI=1S/C14H15BrFN3O/c1-10(9-17)18-4-6-19(7-5-18)14(20)12-8-11(15)2-3-13(12)16/h2-3,8,10H,4-7H2,1H3. The Morgan fingerprint density at radius 3 is 2.65 bits per heavy atom. The molecular formula is C14H15BrFN3O. The van der Waals surface area contributed by atoms with Crippen LogP contribution in [-0.2, 0) is 0 Å². The average Bonchev–Trinajstić information content (AvgIpc) is 2.48. The normalized spacial score (nSPS) is 17.6. The number of piperazine rings is 1. The summed E-state index contributed by atoms with van der Waals surface area (Å²) in [6.07, 6.45) is 0. The van der Waals surface area contributed by atoms with Gasteiger partial charge in [-0.1, -0.05) is 15.9 Å².